The second-order valence-corrected chi connectivity index (χ2v) is 7.87. The van der Waals surface area contributed by atoms with Crippen molar-refractivity contribution in [1.82, 2.24) is 5.32 Å². The highest BCUT2D eigenvalue weighted by Gasteiger charge is 2.19. The minimum Gasteiger partial charge on any atom is -0.452 e. The highest BCUT2D eigenvalue weighted by Crippen LogP contribution is 2.45. The van der Waals surface area contributed by atoms with E-state index in [2.05, 4.69) is 5.32 Å². The number of rotatable bonds is 6. The van der Waals surface area contributed by atoms with E-state index in [1.54, 1.807) is 12.1 Å². The fraction of sp³-hybridized carbons (Fsp3) is 0.500. The van der Waals surface area contributed by atoms with Gasteiger partial charge in [0.15, 0.2) is 6.61 Å². The Bertz CT molecular complexity index is 513. The van der Waals surface area contributed by atoms with Crippen LogP contribution in [0.3, 0.4) is 0 Å². The minimum absolute atomic E-state index is 0.0897. The van der Waals surface area contributed by atoms with Crippen LogP contribution in [-0.2, 0) is 9.53 Å². The molecule has 2 rings (SSSR count). The number of carbonyl (C=O) groups excluding carboxylic acids is 2. The molecule has 22 heavy (non-hydrogen) atoms. The summed E-state index contributed by atoms with van der Waals surface area (Å²) >= 11 is 3.85. The summed E-state index contributed by atoms with van der Waals surface area (Å²) in [6, 6.07) is 7.55. The van der Waals surface area contributed by atoms with Crippen LogP contribution >= 0.6 is 23.5 Å². The molecule has 0 aromatic heterocycles. The fourth-order valence-electron chi connectivity index (χ4n) is 1.96. The smallest absolute Gasteiger partial charge is 0.338 e. The first-order chi connectivity index (χ1) is 10.6. The molecular formula is C16H21NO3S2. The molecule has 1 heterocycles. The fourth-order valence-corrected chi connectivity index (χ4v) is 4.82. The SMILES string of the molecule is CC[C@H](C)NC(=O)COC(=O)c1ccc(C2SCCS2)cc1. The maximum Gasteiger partial charge on any atom is 0.338 e. The molecule has 1 aliphatic rings. The topological polar surface area (TPSA) is 55.4 Å². The van der Waals surface area contributed by atoms with Crippen molar-refractivity contribution in [2.45, 2.75) is 30.9 Å². The summed E-state index contributed by atoms with van der Waals surface area (Å²) in [7, 11) is 0. The lowest BCUT2D eigenvalue weighted by molar-refractivity contribution is -0.124. The van der Waals surface area contributed by atoms with Gasteiger partial charge in [-0.3, -0.25) is 4.79 Å². The van der Waals surface area contributed by atoms with Crippen molar-refractivity contribution in [2.24, 2.45) is 0 Å². The van der Waals surface area contributed by atoms with Crippen LogP contribution in [0.4, 0.5) is 0 Å². The van der Waals surface area contributed by atoms with Crippen molar-refractivity contribution in [3.8, 4) is 0 Å². The van der Waals surface area contributed by atoms with Gasteiger partial charge in [-0.2, -0.15) is 0 Å². The van der Waals surface area contributed by atoms with E-state index in [-0.39, 0.29) is 18.6 Å². The first-order valence-electron chi connectivity index (χ1n) is 7.39. The van der Waals surface area contributed by atoms with Crippen molar-refractivity contribution < 1.29 is 14.3 Å². The molecule has 6 heteroatoms. The third-order valence-electron chi connectivity index (χ3n) is 3.39. The number of esters is 1. The van der Waals surface area contributed by atoms with Crippen LogP contribution in [0.25, 0.3) is 0 Å². The number of ether oxygens (including phenoxy) is 1. The molecule has 0 radical (unpaired) electrons. The van der Waals surface area contributed by atoms with E-state index >= 15 is 0 Å². The molecule has 0 spiro atoms. The van der Waals surface area contributed by atoms with Crippen LogP contribution in [0, 0.1) is 0 Å². The zero-order valence-electron chi connectivity index (χ0n) is 12.8. The number of carbonyl (C=O) groups is 2. The average Bonchev–Trinajstić information content (AvgIpc) is 3.07. The van der Waals surface area contributed by atoms with Gasteiger partial charge in [0.25, 0.3) is 5.91 Å². The molecule has 1 amide bonds. The van der Waals surface area contributed by atoms with E-state index in [1.165, 1.54) is 17.1 Å². The standard InChI is InChI=1S/C16H21NO3S2/c1-3-11(2)17-14(18)10-20-15(19)12-4-6-13(7-5-12)16-21-8-9-22-16/h4-7,11,16H,3,8-10H2,1-2H3,(H,17,18)/t11-/m0/s1. The van der Waals surface area contributed by atoms with E-state index in [4.69, 9.17) is 4.74 Å². The van der Waals surface area contributed by atoms with E-state index in [9.17, 15) is 9.59 Å². The molecule has 0 saturated carbocycles. The lowest BCUT2D eigenvalue weighted by atomic mass is 10.1. The van der Waals surface area contributed by atoms with Crippen LogP contribution in [0.5, 0.6) is 0 Å². The Kier molecular flexibility index (Phi) is 6.64. The second kappa shape index (κ2) is 8.48. The van der Waals surface area contributed by atoms with Gasteiger partial charge in [-0.05, 0) is 31.0 Å². The molecule has 0 aliphatic carbocycles. The Hall–Kier alpha value is -1.14. The number of hydrogen-bond acceptors (Lipinski definition) is 5. The Morgan fingerprint density at radius 3 is 2.50 bits per heavy atom. The second-order valence-electron chi connectivity index (χ2n) is 5.15. The van der Waals surface area contributed by atoms with Gasteiger partial charge in [-0.1, -0.05) is 19.1 Å². The number of benzene rings is 1. The van der Waals surface area contributed by atoms with E-state index in [0.29, 0.717) is 10.1 Å². The molecule has 120 valence electrons. The minimum atomic E-state index is -0.461. The zero-order chi connectivity index (χ0) is 15.9. The summed E-state index contributed by atoms with van der Waals surface area (Å²) in [4.78, 5) is 23.5. The summed E-state index contributed by atoms with van der Waals surface area (Å²) in [5.74, 6) is 1.62. The molecule has 1 fully saturated rings. The summed E-state index contributed by atoms with van der Waals surface area (Å²) in [6.07, 6.45) is 0.846. The maximum atomic E-state index is 11.9. The number of amides is 1. The van der Waals surface area contributed by atoms with Gasteiger partial charge in [0.2, 0.25) is 0 Å². The zero-order valence-corrected chi connectivity index (χ0v) is 14.5. The van der Waals surface area contributed by atoms with E-state index in [0.717, 1.165) is 6.42 Å². The van der Waals surface area contributed by atoms with Gasteiger partial charge in [0.1, 0.15) is 0 Å². The van der Waals surface area contributed by atoms with Gasteiger partial charge in [0.05, 0.1) is 10.1 Å². The molecule has 0 bridgehead atoms. The van der Waals surface area contributed by atoms with Crippen molar-refractivity contribution >= 4 is 35.4 Å². The predicted octanol–water partition coefficient (Wildman–Crippen LogP) is 3.24. The quantitative estimate of drug-likeness (QED) is 0.807. The van der Waals surface area contributed by atoms with Gasteiger partial charge < -0.3 is 10.1 Å². The summed E-state index contributed by atoms with van der Waals surface area (Å²) in [6.45, 7) is 3.66. The van der Waals surface area contributed by atoms with Gasteiger partial charge in [0, 0.05) is 17.5 Å². The molecule has 1 saturated heterocycles. The highest BCUT2D eigenvalue weighted by molar-refractivity contribution is 8.19. The third kappa shape index (κ3) is 4.95. The van der Waals surface area contributed by atoms with Crippen LogP contribution in [0.2, 0.25) is 0 Å². The van der Waals surface area contributed by atoms with Crippen molar-refractivity contribution in [1.29, 1.82) is 0 Å². The van der Waals surface area contributed by atoms with Crippen LogP contribution in [0.1, 0.15) is 40.8 Å². The first kappa shape index (κ1) is 17.2. The maximum absolute atomic E-state index is 11.9. The van der Waals surface area contributed by atoms with Crippen molar-refractivity contribution in [2.75, 3.05) is 18.1 Å². The molecule has 1 atom stereocenters. The largest absolute Gasteiger partial charge is 0.452 e. The van der Waals surface area contributed by atoms with E-state index < -0.39 is 5.97 Å². The highest BCUT2D eigenvalue weighted by atomic mass is 32.2. The Labute approximate surface area is 139 Å². The predicted molar refractivity (Wildman–Crippen MR) is 92.3 cm³/mol. The van der Waals surface area contributed by atoms with Crippen LogP contribution < -0.4 is 5.32 Å². The van der Waals surface area contributed by atoms with Crippen molar-refractivity contribution in [3.05, 3.63) is 35.4 Å². The monoisotopic (exact) mass is 339 g/mol. The van der Waals surface area contributed by atoms with Gasteiger partial charge in [-0.15, -0.1) is 23.5 Å². The number of hydrogen-bond donors (Lipinski definition) is 1. The Morgan fingerprint density at radius 2 is 1.91 bits per heavy atom. The van der Waals surface area contributed by atoms with Crippen LogP contribution in [0.15, 0.2) is 24.3 Å². The van der Waals surface area contributed by atoms with Crippen molar-refractivity contribution in [3.63, 3.8) is 0 Å². The van der Waals surface area contributed by atoms with Crippen LogP contribution in [-0.4, -0.2) is 36.0 Å². The third-order valence-corrected chi connectivity index (χ3v) is 6.50. The summed E-state index contributed by atoms with van der Waals surface area (Å²) in [5.41, 5.74) is 1.70. The normalized spacial score (nSPS) is 16.3. The summed E-state index contributed by atoms with van der Waals surface area (Å²) < 4.78 is 5.50. The lowest BCUT2D eigenvalue weighted by Gasteiger charge is -2.12. The Morgan fingerprint density at radius 1 is 1.27 bits per heavy atom. The molecule has 4 nitrogen and oxygen atoms in total. The number of thioether (sulfide) groups is 2. The van der Waals surface area contributed by atoms with Gasteiger partial charge in [-0.25, -0.2) is 4.79 Å². The molecule has 0 unspecified atom stereocenters. The molecule has 1 aliphatic heterocycles. The molecule has 1 aromatic rings. The molecular weight excluding hydrogens is 318 g/mol. The lowest BCUT2D eigenvalue weighted by Crippen LogP contribution is -2.35. The average molecular weight is 339 g/mol. The molecule has 1 aromatic carbocycles. The first-order valence-corrected chi connectivity index (χ1v) is 9.49. The molecule has 1 N–H and O–H groups in total. The van der Waals surface area contributed by atoms with E-state index in [1.807, 2.05) is 49.5 Å². The van der Waals surface area contributed by atoms with Gasteiger partial charge >= 0.3 is 5.97 Å². The number of nitrogens with one attached hydrogen (secondary N) is 1. The Balaban J connectivity index is 1.83. The summed E-state index contributed by atoms with van der Waals surface area (Å²) in [5, 5.41) is 2.76.